The minimum atomic E-state index is -0.519. The first-order valence-electron chi connectivity index (χ1n) is 8.18. The molecule has 3 rings (SSSR count). The number of carbonyl (C=O) groups excluding carboxylic acids is 2. The first kappa shape index (κ1) is 16.4. The maximum absolute atomic E-state index is 12.3. The van der Waals surface area contributed by atoms with Crippen LogP contribution in [-0.4, -0.2) is 46.4 Å². The fourth-order valence-electron chi connectivity index (χ4n) is 3.26. The van der Waals surface area contributed by atoms with E-state index in [1.165, 1.54) is 0 Å². The van der Waals surface area contributed by atoms with Crippen molar-refractivity contribution in [3.05, 3.63) is 36.2 Å². The van der Waals surface area contributed by atoms with Crippen LogP contribution in [0.25, 0.3) is 11.0 Å². The van der Waals surface area contributed by atoms with Gasteiger partial charge in [-0.25, -0.2) is 4.79 Å². The highest BCUT2D eigenvalue weighted by atomic mass is 16.5. The Labute approximate surface area is 140 Å². The van der Waals surface area contributed by atoms with E-state index in [2.05, 4.69) is 23.8 Å². The molecule has 0 saturated carbocycles. The number of fused-ring (bicyclic) bond motifs is 1. The monoisotopic (exact) mass is 327 g/mol. The Morgan fingerprint density at radius 3 is 2.50 bits per heavy atom. The van der Waals surface area contributed by atoms with Gasteiger partial charge in [0.15, 0.2) is 6.61 Å². The summed E-state index contributed by atoms with van der Waals surface area (Å²) in [5, 5.41) is 0. The van der Waals surface area contributed by atoms with Crippen LogP contribution in [0.1, 0.15) is 30.6 Å². The van der Waals surface area contributed by atoms with Gasteiger partial charge in [0.1, 0.15) is 0 Å². The molecule has 2 heterocycles. The highest BCUT2D eigenvalue weighted by Crippen LogP contribution is 2.21. The van der Waals surface area contributed by atoms with E-state index in [1.54, 1.807) is 35.5 Å². The topological polar surface area (TPSA) is 72.4 Å². The number of esters is 1. The molecule has 126 valence electrons. The van der Waals surface area contributed by atoms with Gasteiger partial charge in [0, 0.05) is 25.5 Å². The molecule has 0 unspecified atom stereocenters. The minimum absolute atomic E-state index is 0.137. The molecule has 1 aromatic carbocycles. The van der Waals surface area contributed by atoms with Crippen molar-refractivity contribution in [1.82, 2.24) is 14.9 Å². The number of carbonyl (C=O) groups is 2. The molecule has 1 fully saturated rings. The summed E-state index contributed by atoms with van der Waals surface area (Å²) in [6, 6.07) is 4.98. The summed E-state index contributed by atoms with van der Waals surface area (Å²) in [5.41, 5.74) is 1.70. The molecule has 6 nitrogen and oxygen atoms in total. The van der Waals surface area contributed by atoms with Crippen molar-refractivity contribution in [2.75, 3.05) is 19.7 Å². The Balaban J connectivity index is 1.60. The van der Waals surface area contributed by atoms with Crippen LogP contribution in [-0.2, 0) is 9.53 Å². The predicted octanol–water partition coefficient (Wildman–Crippen LogP) is 2.29. The van der Waals surface area contributed by atoms with E-state index in [1.807, 2.05) is 0 Å². The van der Waals surface area contributed by atoms with E-state index >= 15 is 0 Å². The van der Waals surface area contributed by atoms with Crippen LogP contribution in [0.5, 0.6) is 0 Å². The normalized spacial score (nSPS) is 20.8. The maximum atomic E-state index is 12.3. The lowest BCUT2D eigenvalue weighted by atomic mass is 9.92. The number of aromatic nitrogens is 2. The molecule has 2 atom stereocenters. The number of hydrogen-bond acceptors (Lipinski definition) is 5. The summed E-state index contributed by atoms with van der Waals surface area (Å²) in [7, 11) is 0. The Morgan fingerprint density at radius 2 is 1.79 bits per heavy atom. The summed E-state index contributed by atoms with van der Waals surface area (Å²) in [4.78, 5) is 34.5. The number of hydrogen-bond donors (Lipinski definition) is 0. The van der Waals surface area contributed by atoms with Crippen LogP contribution in [0.2, 0.25) is 0 Å². The highest BCUT2D eigenvalue weighted by Gasteiger charge is 2.26. The quantitative estimate of drug-likeness (QED) is 0.809. The first-order chi connectivity index (χ1) is 11.5. The Hall–Kier alpha value is -2.50. The molecule has 0 bridgehead atoms. The Kier molecular flexibility index (Phi) is 4.74. The van der Waals surface area contributed by atoms with Gasteiger partial charge in [-0.05, 0) is 36.5 Å². The van der Waals surface area contributed by atoms with Crippen molar-refractivity contribution in [2.45, 2.75) is 20.3 Å². The number of piperidine rings is 1. The summed E-state index contributed by atoms with van der Waals surface area (Å²) < 4.78 is 5.18. The van der Waals surface area contributed by atoms with Crippen LogP contribution in [0.15, 0.2) is 30.6 Å². The van der Waals surface area contributed by atoms with Gasteiger partial charge < -0.3 is 9.64 Å². The van der Waals surface area contributed by atoms with Crippen molar-refractivity contribution in [3.8, 4) is 0 Å². The largest absolute Gasteiger partial charge is 0.452 e. The lowest BCUT2D eigenvalue weighted by Crippen LogP contribution is -2.44. The average molecular weight is 327 g/mol. The molecule has 6 heteroatoms. The number of ether oxygens (including phenoxy) is 1. The molecule has 0 spiro atoms. The van der Waals surface area contributed by atoms with Gasteiger partial charge in [-0.3, -0.25) is 14.8 Å². The molecule has 1 amide bonds. The second kappa shape index (κ2) is 6.95. The van der Waals surface area contributed by atoms with Crippen LogP contribution < -0.4 is 0 Å². The van der Waals surface area contributed by atoms with E-state index in [-0.39, 0.29) is 12.5 Å². The fourth-order valence-corrected chi connectivity index (χ4v) is 3.26. The molecule has 0 radical (unpaired) electrons. The average Bonchev–Trinajstić information content (AvgIpc) is 2.58. The van der Waals surface area contributed by atoms with Crippen LogP contribution in [0, 0.1) is 11.8 Å². The van der Waals surface area contributed by atoms with Gasteiger partial charge in [0.25, 0.3) is 5.91 Å². The number of nitrogens with zero attached hydrogens (tertiary/aromatic N) is 3. The van der Waals surface area contributed by atoms with Crippen molar-refractivity contribution in [1.29, 1.82) is 0 Å². The third-order valence-electron chi connectivity index (χ3n) is 4.25. The van der Waals surface area contributed by atoms with Crippen LogP contribution in [0.4, 0.5) is 0 Å². The van der Waals surface area contributed by atoms with E-state index in [0.29, 0.717) is 28.4 Å². The van der Waals surface area contributed by atoms with Crippen molar-refractivity contribution >= 4 is 22.9 Å². The van der Waals surface area contributed by atoms with Gasteiger partial charge in [-0.15, -0.1) is 0 Å². The summed E-state index contributed by atoms with van der Waals surface area (Å²) >= 11 is 0. The van der Waals surface area contributed by atoms with Crippen molar-refractivity contribution < 1.29 is 14.3 Å². The van der Waals surface area contributed by atoms with Gasteiger partial charge in [0.2, 0.25) is 0 Å². The molecule has 2 aromatic rings. The molecular formula is C18H21N3O3. The lowest BCUT2D eigenvalue weighted by molar-refractivity contribution is -0.137. The predicted molar refractivity (Wildman–Crippen MR) is 89.3 cm³/mol. The smallest absolute Gasteiger partial charge is 0.338 e. The Morgan fingerprint density at radius 1 is 1.12 bits per heavy atom. The van der Waals surface area contributed by atoms with Gasteiger partial charge in [-0.1, -0.05) is 13.8 Å². The zero-order valence-electron chi connectivity index (χ0n) is 13.9. The third kappa shape index (κ3) is 3.69. The zero-order chi connectivity index (χ0) is 17.1. The summed E-state index contributed by atoms with van der Waals surface area (Å²) in [6.07, 6.45) is 4.29. The van der Waals surface area contributed by atoms with Gasteiger partial charge >= 0.3 is 5.97 Å². The van der Waals surface area contributed by atoms with E-state index < -0.39 is 5.97 Å². The molecule has 1 aromatic heterocycles. The second-order valence-corrected chi connectivity index (χ2v) is 6.58. The number of rotatable bonds is 3. The minimum Gasteiger partial charge on any atom is -0.452 e. The van der Waals surface area contributed by atoms with E-state index in [9.17, 15) is 9.59 Å². The lowest BCUT2D eigenvalue weighted by Gasteiger charge is -2.34. The highest BCUT2D eigenvalue weighted by molar-refractivity contribution is 5.94. The fraction of sp³-hybridized carbons (Fsp3) is 0.444. The molecule has 1 aliphatic heterocycles. The van der Waals surface area contributed by atoms with Crippen molar-refractivity contribution in [2.24, 2.45) is 11.8 Å². The van der Waals surface area contributed by atoms with Gasteiger partial charge in [0.05, 0.1) is 16.6 Å². The summed E-state index contributed by atoms with van der Waals surface area (Å²) in [6.45, 7) is 5.51. The number of likely N-dealkylation sites (tertiary alicyclic amines) is 1. The van der Waals surface area contributed by atoms with Crippen LogP contribution >= 0.6 is 0 Å². The molecule has 1 aliphatic rings. The second-order valence-electron chi connectivity index (χ2n) is 6.58. The first-order valence-corrected chi connectivity index (χ1v) is 8.18. The number of amides is 1. The molecule has 0 aliphatic carbocycles. The molecule has 1 saturated heterocycles. The van der Waals surface area contributed by atoms with Crippen molar-refractivity contribution in [3.63, 3.8) is 0 Å². The maximum Gasteiger partial charge on any atom is 0.338 e. The van der Waals surface area contributed by atoms with E-state index in [0.717, 1.165) is 19.5 Å². The van der Waals surface area contributed by atoms with Crippen LogP contribution in [0.3, 0.4) is 0 Å². The van der Waals surface area contributed by atoms with Gasteiger partial charge in [-0.2, -0.15) is 0 Å². The Bertz CT molecular complexity index is 752. The standard InChI is InChI=1S/C18H21N3O3/c1-12-7-13(2)10-21(9-12)17(22)11-24-18(23)14-3-4-15-16(8-14)20-6-5-19-15/h3-6,8,12-13H,7,9-11H2,1-2H3/t12-,13-/m1/s1. The SMILES string of the molecule is C[C@@H]1C[C@@H](C)CN(C(=O)COC(=O)c2ccc3nccnc3c2)C1. The zero-order valence-corrected chi connectivity index (χ0v) is 13.9. The summed E-state index contributed by atoms with van der Waals surface area (Å²) in [5.74, 6) is 0.302. The third-order valence-corrected chi connectivity index (χ3v) is 4.25. The van der Waals surface area contributed by atoms with E-state index in [4.69, 9.17) is 4.74 Å². The molecule has 0 N–H and O–H groups in total. The molecule has 24 heavy (non-hydrogen) atoms. The number of benzene rings is 1. The molecular weight excluding hydrogens is 306 g/mol.